The summed E-state index contributed by atoms with van der Waals surface area (Å²) in [4.78, 5) is 4.85. The van der Waals surface area contributed by atoms with E-state index in [1.165, 1.54) is 66.1 Å². The van der Waals surface area contributed by atoms with E-state index in [2.05, 4.69) is 278 Å². The Morgan fingerprint density at radius 1 is 0.269 bits per heavy atom. The van der Waals surface area contributed by atoms with Crippen LogP contribution in [0.2, 0.25) is 0 Å². The Balaban J connectivity index is 1.10. The van der Waals surface area contributed by atoms with Gasteiger partial charge in [0.15, 0.2) is 0 Å². The smallest absolute Gasteiger partial charge is 0.0488 e. The molecular weight excluding hydrogens is 809 g/mol. The number of nitrogens with zero attached hydrogens (tertiary/aromatic N) is 2. The van der Waals surface area contributed by atoms with Crippen molar-refractivity contribution >= 4 is 55.7 Å². The van der Waals surface area contributed by atoms with Crippen molar-refractivity contribution in [3.63, 3.8) is 0 Å². The van der Waals surface area contributed by atoms with Crippen LogP contribution in [-0.4, -0.2) is 0 Å². The Labute approximate surface area is 393 Å². The summed E-state index contributed by atoms with van der Waals surface area (Å²) >= 11 is 0. The highest BCUT2D eigenvalue weighted by Gasteiger charge is 2.36. The van der Waals surface area contributed by atoms with Gasteiger partial charge in [0.25, 0.3) is 0 Å². The third-order valence-corrected chi connectivity index (χ3v) is 13.8. The predicted molar refractivity (Wildman–Crippen MR) is 285 cm³/mol. The Morgan fingerprint density at radius 2 is 0.791 bits per heavy atom. The summed E-state index contributed by atoms with van der Waals surface area (Å²) in [5.41, 5.74) is 18.8. The van der Waals surface area contributed by atoms with Gasteiger partial charge in [-0.05, 0) is 150 Å². The molecule has 12 rings (SSSR count). The predicted octanol–water partition coefficient (Wildman–Crippen LogP) is 18.2. The first-order chi connectivity index (χ1) is 33.0. The first-order valence-corrected chi connectivity index (χ1v) is 23.2. The average Bonchev–Trinajstić information content (AvgIpc) is 3.62. The molecule has 0 atom stereocenters. The molecule has 0 aliphatic heterocycles. The van der Waals surface area contributed by atoms with Crippen LogP contribution in [0.1, 0.15) is 25.0 Å². The van der Waals surface area contributed by atoms with Crippen LogP contribution in [0.3, 0.4) is 0 Å². The zero-order valence-corrected chi connectivity index (χ0v) is 37.6. The SMILES string of the molecule is CC1(C)c2ccccc2-c2ccc(N(c3ccccc3)c3cc(-c4cccc(-c5ccc6ccccc6c5-c5ccccc5)c4)cc(N(c4ccccc4)c4ccc5ccccc5c4)c3)cc21. The van der Waals surface area contributed by atoms with Crippen LogP contribution >= 0.6 is 0 Å². The Bertz CT molecular complexity index is 3610. The number of para-hydroxylation sites is 2. The third-order valence-electron chi connectivity index (χ3n) is 13.8. The fourth-order valence-corrected chi connectivity index (χ4v) is 10.5. The molecule has 0 amide bonds. The first kappa shape index (κ1) is 40.1. The number of fused-ring (bicyclic) bond motifs is 5. The maximum absolute atomic E-state index is 2.44. The van der Waals surface area contributed by atoms with Gasteiger partial charge in [-0.25, -0.2) is 0 Å². The van der Waals surface area contributed by atoms with Crippen LogP contribution in [0.15, 0.2) is 255 Å². The van der Waals surface area contributed by atoms with Crippen molar-refractivity contribution in [3.05, 3.63) is 266 Å². The molecule has 1 aliphatic carbocycles. The molecule has 0 unspecified atom stereocenters. The van der Waals surface area contributed by atoms with Crippen LogP contribution in [0.5, 0.6) is 0 Å². The van der Waals surface area contributed by atoms with Crippen molar-refractivity contribution in [2.45, 2.75) is 19.3 Å². The van der Waals surface area contributed by atoms with Crippen LogP contribution < -0.4 is 9.80 Å². The van der Waals surface area contributed by atoms with Gasteiger partial charge < -0.3 is 9.80 Å². The van der Waals surface area contributed by atoms with Gasteiger partial charge in [-0.3, -0.25) is 0 Å². The lowest BCUT2D eigenvalue weighted by Gasteiger charge is -2.31. The number of rotatable bonds is 9. The molecule has 67 heavy (non-hydrogen) atoms. The van der Waals surface area contributed by atoms with Crippen LogP contribution in [-0.2, 0) is 5.41 Å². The molecule has 318 valence electrons. The summed E-state index contributed by atoms with van der Waals surface area (Å²) in [6.45, 7) is 4.72. The molecule has 0 saturated heterocycles. The zero-order valence-electron chi connectivity index (χ0n) is 37.6. The first-order valence-electron chi connectivity index (χ1n) is 23.2. The summed E-state index contributed by atoms with van der Waals surface area (Å²) in [5.74, 6) is 0. The lowest BCUT2D eigenvalue weighted by atomic mass is 9.82. The molecule has 0 N–H and O–H groups in total. The summed E-state index contributed by atoms with van der Waals surface area (Å²) in [6, 6.07) is 93.4. The number of hydrogen-bond acceptors (Lipinski definition) is 2. The van der Waals surface area contributed by atoms with E-state index in [0.717, 1.165) is 45.3 Å². The van der Waals surface area contributed by atoms with E-state index in [1.54, 1.807) is 0 Å². The van der Waals surface area contributed by atoms with Crippen LogP contribution in [0.4, 0.5) is 34.1 Å². The van der Waals surface area contributed by atoms with Crippen molar-refractivity contribution in [1.82, 2.24) is 0 Å². The second-order valence-corrected chi connectivity index (χ2v) is 18.2. The maximum atomic E-state index is 2.44. The molecule has 11 aromatic carbocycles. The molecular formula is C65H48N2. The van der Waals surface area contributed by atoms with Gasteiger partial charge in [0.05, 0.1) is 0 Å². The fourth-order valence-electron chi connectivity index (χ4n) is 10.5. The molecule has 1 aliphatic rings. The summed E-state index contributed by atoms with van der Waals surface area (Å²) in [7, 11) is 0. The standard InChI is InChI=1S/C65H48N2/c1-65(2)62-32-17-16-31-60(62)61-38-36-55(44-63(61)65)67(53-28-10-5-11-29-53)57-42-51(41-56(43-57)66(52-26-8-4-9-27-52)54-35-33-45-19-12-13-23-49(45)40-54)48-24-18-25-50(39-48)59-37-34-46-20-14-15-30-58(46)64(59)47-21-6-3-7-22-47/h3-44H,1-2H3. The topological polar surface area (TPSA) is 6.48 Å². The minimum absolute atomic E-state index is 0.153. The van der Waals surface area contributed by atoms with Gasteiger partial charge in [-0.1, -0.05) is 196 Å². The van der Waals surface area contributed by atoms with E-state index in [1.807, 2.05) is 0 Å². The quantitative estimate of drug-likeness (QED) is 0.143. The van der Waals surface area contributed by atoms with E-state index in [9.17, 15) is 0 Å². The van der Waals surface area contributed by atoms with Crippen molar-refractivity contribution < 1.29 is 0 Å². The van der Waals surface area contributed by atoms with Gasteiger partial charge in [0, 0.05) is 39.5 Å². The van der Waals surface area contributed by atoms with Crippen LogP contribution in [0.25, 0.3) is 66.1 Å². The highest BCUT2D eigenvalue weighted by Crippen LogP contribution is 2.51. The van der Waals surface area contributed by atoms with E-state index < -0.39 is 0 Å². The molecule has 0 radical (unpaired) electrons. The Kier molecular flexibility index (Phi) is 9.88. The zero-order chi connectivity index (χ0) is 44.9. The van der Waals surface area contributed by atoms with Gasteiger partial charge >= 0.3 is 0 Å². The second-order valence-electron chi connectivity index (χ2n) is 18.2. The van der Waals surface area contributed by atoms with E-state index in [0.29, 0.717) is 0 Å². The van der Waals surface area contributed by atoms with Crippen LogP contribution in [0, 0.1) is 0 Å². The van der Waals surface area contributed by atoms with E-state index >= 15 is 0 Å². The summed E-state index contributed by atoms with van der Waals surface area (Å²) < 4.78 is 0. The molecule has 0 spiro atoms. The van der Waals surface area contributed by atoms with Crippen molar-refractivity contribution in [1.29, 1.82) is 0 Å². The van der Waals surface area contributed by atoms with Gasteiger partial charge in [0.2, 0.25) is 0 Å². The minimum Gasteiger partial charge on any atom is -0.310 e. The largest absolute Gasteiger partial charge is 0.310 e. The van der Waals surface area contributed by atoms with Gasteiger partial charge in [-0.2, -0.15) is 0 Å². The molecule has 11 aromatic rings. The number of benzene rings is 11. The third kappa shape index (κ3) is 7.15. The molecule has 0 saturated carbocycles. The normalized spacial score (nSPS) is 12.4. The maximum Gasteiger partial charge on any atom is 0.0488 e. The molecule has 0 aromatic heterocycles. The lowest BCUT2D eigenvalue weighted by molar-refractivity contribution is 0.660. The van der Waals surface area contributed by atoms with Gasteiger partial charge in [0.1, 0.15) is 0 Å². The molecule has 2 heteroatoms. The molecule has 0 fully saturated rings. The van der Waals surface area contributed by atoms with Crippen molar-refractivity contribution in [2.24, 2.45) is 0 Å². The second kappa shape index (κ2) is 16.5. The van der Waals surface area contributed by atoms with Crippen molar-refractivity contribution in [2.75, 3.05) is 9.80 Å². The summed E-state index contributed by atoms with van der Waals surface area (Å²) in [6.07, 6.45) is 0. The number of anilines is 6. The van der Waals surface area contributed by atoms with Gasteiger partial charge in [-0.15, -0.1) is 0 Å². The average molecular weight is 857 g/mol. The highest BCUT2D eigenvalue weighted by atomic mass is 15.2. The molecule has 0 bridgehead atoms. The fraction of sp³-hybridized carbons (Fsp3) is 0.0462. The van der Waals surface area contributed by atoms with Crippen molar-refractivity contribution in [3.8, 4) is 44.5 Å². The summed E-state index contributed by atoms with van der Waals surface area (Å²) in [5, 5.41) is 4.88. The Hall–Kier alpha value is -8.46. The van der Waals surface area contributed by atoms with E-state index in [-0.39, 0.29) is 5.41 Å². The Morgan fingerprint density at radius 3 is 1.52 bits per heavy atom. The molecule has 0 heterocycles. The minimum atomic E-state index is -0.153. The highest BCUT2D eigenvalue weighted by molar-refractivity contribution is 6.04. The number of hydrogen-bond donors (Lipinski definition) is 0. The van der Waals surface area contributed by atoms with E-state index in [4.69, 9.17) is 0 Å². The lowest BCUT2D eigenvalue weighted by Crippen LogP contribution is -2.17. The molecule has 2 nitrogen and oxygen atoms in total. The monoisotopic (exact) mass is 856 g/mol.